The van der Waals surface area contributed by atoms with Crippen LogP contribution in [0, 0.1) is 12.3 Å². The van der Waals surface area contributed by atoms with Crippen LogP contribution in [0.4, 0.5) is 4.79 Å². The van der Waals surface area contributed by atoms with Crippen molar-refractivity contribution < 1.29 is 14.3 Å². The van der Waals surface area contributed by atoms with Crippen LogP contribution in [0.25, 0.3) is 0 Å². The van der Waals surface area contributed by atoms with Crippen molar-refractivity contribution in [1.82, 2.24) is 4.90 Å². The highest BCUT2D eigenvalue weighted by Gasteiger charge is 2.32. The highest BCUT2D eigenvalue weighted by atomic mass is 16.6. The molecule has 1 fully saturated rings. The molecule has 0 radical (unpaired) electrons. The standard InChI is InChI=1S/C13H21NO3/c1-5-9-16-10-11-7-6-8-14(11)12(15)17-13(2,3)4/h1,11H,6-10H2,2-4H3/t11-/m0/s1. The normalized spacial score (nSPS) is 20.1. The van der Waals surface area contributed by atoms with Gasteiger partial charge in [-0.2, -0.15) is 0 Å². The minimum atomic E-state index is -0.454. The highest BCUT2D eigenvalue weighted by molar-refractivity contribution is 5.68. The molecule has 1 heterocycles. The number of terminal acetylenes is 1. The third-order valence-electron chi connectivity index (χ3n) is 2.50. The second kappa shape index (κ2) is 5.92. The molecule has 0 spiro atoms. The molecular weight excluding hydrogens is 218 g/mol. The Labute approximate surface area is 103 Å². The molecule has 4 nitrogen and oxygen atoms in total. The fourth-order valence-corrected chi connectivity index (χ4v) is 1.82. The summed E-state index contributed by atoms with van der Waals surface area (Å²) in [5.41, 5.74) is -0.454. The predicted molar refractivity (Wildman–Crippen MR) is 65.6 cm³/mol. The van der Waals surface area contributed by atoms with Crippen molar-refractivity contribution in [2.75, 3.05) is 19.8 Å². The first-order chi connectivity index (χ1) is 7.94. The third kappa shape index (κ3) is 4.66. The minimum Gasteiger partial charge on any atom is -0.444 e. The smallest absolute Gasteiger partial charge is 0.410 e. The van der Waals surface area contributed by atoms with E-state index in [1.807, 2.05) is 20.8 Å². The number of amides is 1. The van der Waals surface area contributed by atoms with Crippen LogP contribution in [0.2, 0.25) is 0 Å². The maximum atomic E-state index is 11.9. The Morgan fingerprint density at radius 3 is 2.82 bits per heavy atom. The van der Waals surface area contributed by atoms with Gasteiger partial charge in [0.25, 0.3) is 0 Å². The third-order valence-corrected chi connectivity index (χ3v) is 2.50. The number of carbonyl (C=O) groups is 1. The number of ether oxygens (including phenoxy) is 2. The van der Waals surface area contributed by atoms with E-state index in [-0.39, 0.29) is 12.1 Å². The van der Waals surface area contributed by atoms with Crippen molar-refractivity contribution in [2.24, 2.45) is 0 Å². The SMILES string of the molecule is C#CCOC[C@@H]1CCCN1C(=O)OC(C)(C)C. The average molecular weight is 239 g/mol. The highest BCUT2D eigenvalue weighted by Crippen LogP contribution is 2.20. The fraction of sp³-hybridized carbons (Fsp3) is 0.769. The van der Waals surface area contributed by atoms with Gasteiger partial charge in [-0.15, -0.1) is 6.42 Å². The number of rotatable bonds is 3. The van der Waals surface area contributed by atoms with Gasteiger partial charge in [0, 0.05) is 6.54 Å². The molecule has 1 amide bonds. The molecule has 1 aliphatic heterocycles. The Balaban J connectivity index is 2.46. The van der Waals surface area contributed by atoms with Gasteiger partial charge >= 0.3 is 6.09 Å². The molecule has 0 aromatic carbocycles. The van der Waals surface area contributed by atoms with Crippen LogP contribution in [0.15, 0.2) is 0 Å². The van der Waals surface area contributed by atoms with Crippen molar-refractivity contribution in [3.05, 3.63) is 0 Å². The molecule has 17 heavy (non-hydrogen) atoms. The van der Waals surface area contributed by atoms with E-state index in [1.165, 1.54) is 0 Å². The van der Waals surface area contributed by atoms with Crippen LogP contribution < -0.4 is 0 Å². The van der Waals surface area contributed by atoms with Crippen molar-refractivity contribution in [3.8, 4) is 12.3 Å². The summed E-state index contributed by atoms with van der Waals surface area (Å²) < 4.78 is 10.6. The van der Waals surface area contributed by atoms with Gasteiger partial charge in [0.2, 0.25) is 0 Å². The molecule has 0 N–H and O–H groups in total. The van der Waals surface area contributed by atoms with Crippen molar-refractivity contribution >= 4 is 6.09 Å². The summed E-state index contributed by atoms with van der Waals surface area (Å²) in [7, 11) is 0. The zero-order valence-electron chi connectivity index (χ0n) is 10.9. The summed E-state index contributed by atoms with van der Waals surface area (Å²) >= 11 is 0. The lowest BCUT2D eigenvalue weighted by Gasteiger charge is -2.28. The van der Waals surface area contributed by atoms with Gasteiger partial charge in [0.1, 0.15) is 12.2 Å². The van der Waals surface area contributed by atoms with Crippen LogP contribution in [0.1, 0.15) is 33.6 Å². The van der Waals surface area contributed by atoms with E-state index in [1.54, 1.807) is 4.90 Å². The van der Waals surface area contributed by atoms with Gasteiger partial charge in [-0.25, -0.2) is 4.79 Å². The molecule has 0 unspecified atom stereocenters. The van der Waals surface area contributed by atoms with Gasteiger partial charge < -0.3 is 14.4 Å². The molecular formula is C13H21NO3. The Bertz CT molecular complexity index is 301. The molecule has 0 saturated carbocycles. The minimum absolute atomic E-state index is 0.0956. The van der Waals surface area contributed by atoms with Crippen LogP contribution in [0.5, 0.6) is 0 Å². The zero-order chi connectivity index (χ0) is 12.9. The first kappa shape index (κ1) is 13.9. The first-order valence-corrected chi connectivity index (χ1v) is 5.95. The van der Waals surface area contributed by atoms with Gasteiger partial charge in [-0.3, -0.25) is 0 Å². The summed E-state index contributed by atoms with van der Waals surface area (Å²) in [5.74, 6) is 2.42. The van der Waals surface area contributed by atoms with E-state index < -0.39 is 5.60 Å². The summed E-state index contributed by atoms with van der Waals surface area (Å²) in [6.45, 7) is 7.11. The van der Waals surface area contributed by atoms with Crippen LogP contribution in [-0.2, 0) is 9.47 Å². The number of nitrogens with zero attached hydrogens (tertiary/aromatic N) is 1. The lowest BCUT2D eigenvalue weighted by atomic mass is 10.2. The molecule has 0 aliphatic carbocycles. The van der Waals surface area contributed by atoms with Gasteiger partial charge in [-0.1, -0.05) is 5.92 Å². The van der Waals surface area contributed by atoms with Crippen molar-refractivity contribution in [1.29, 1.82) is 0 Å². The van der Waals surface area contributed by atoms with Gasteiger partial charge in [-0.05, 0) is 33.6 Å². The second-order valence-corrected chi connectivity index (χ2v) is 5.19. The zero-order valence-corrected chi connectivity index (χ0v) is 10.9. The molecule has 0 aromatic rings. The molecule has 0 aromatic heterocycles. The largest absolute Gasteiger partial charge is 0.444 e. The molecule has 1 rings (SSSR count). The van der Waals surface area contributed by atoms with Crippen molar-refractivity contribution in [3.63, 3.8) is 0 Å². The van der Waals surface area contributed by atoms with Crippen molar-refractivity contribution in [2.45, 2.75) is 45.3 Å². The Kier molecular flexibility index (Phi) is 4.83. The van der Waals surface area contributed by atoms with E-state index in [0.29, 0.717) is 13.2 Å². The average Bonchev–Trinajstić information content (AvgIpc) is 2.64. The number of hydrogen-bond acceptors (Lipinski definition) is 3. The van der Waals surface area contributed by atoms with E-state index in [0.717, 1.165) is 19.4 Å². The van der Waals surface area contributed by atoms with Gasteiger partial charge in [0.15, 0.2) is 0 Å². The number of likely N-dealkylation sites (tertiary alicyclic amines) is 1. The summed E-state index contributed by atoms with van der Waals surface area (Å²) in [4.78, 5) is 13.6. The first-order valence-electron chi connectivity index (χ1n) is 5.95. The molecule has 96 valence electrons. The predicted octanol–water partition coefficient (Wildman–Crippen LogP) is 2.04. The monoisotopic (exact) mass is 239 g/mol. The maximum absolute atomic E-state index is 11.9. The lowest BCUT2D eigenvalue weighted by Crippen LogP contribution is -2.41. The van der Waals surface area contributed by atoms with Gasteiger partial charge in [0.05, 0.1) is 12.6 Å². The summed E-state index contributed by atoms with van der Waals surface area (Å²) in [5, 5.41) is 0. The van der Waals surface area contributed by atoms with E-state index >= 15 is 0 Å². The lowest BCUT2D eigenvalue weighted by molar-refractivity contribution is 0.0131. The summed E-state index contributed by atoms with van der Waals surface area (Å²) in [6, 6.07) is 0.0956. The van der Waals surface area contributed by atoms with E-state index in [4.69, 9.17) is 15.9 Å². The molecule has 1 saturated heterocycles. The molecule has 1 atom stereocenters. The van der Waals surface area contributed by atoms with Crippen LogP contribution >= 0.6 is 0 Å². The van der Waals surface area contributed by atoms with Crippen LogP contribution in [-0.4, -0.2) is 42.4 Å². The Morgan fingerprint density at radius 2 is 2.24 bits per heavy atom. The van der Waals surface area contributed by atoms with E-state index in [9.17, 15) is 4.79 Å². The molecule has 1 aliphatic rings. The second-order valence-electron chi connectivity index (χ2n) is 5.19. The number of hydrogen-bond donors (Lipinski definition) is 0. The fourth-order valence-electron chi connectivity index (χ4n) is 1.82. The van der Waals surface area contributed by atoms with E-state index in [2.05, 4.69) is 5.92 Å². The Morgan fingerprint density at radius 1 is 1.53 bits per heavy atom. The number of carbonyl (C=O) groups excluding carboxylic acids is 1. The van der Waals surface area contributed by atoms with Crippen LogP contribution in [0.3, 0.4) is 0 Å². The quantitative estimate of drug-likeness (QED) is 0.559. The molecule has 4 heteroatoms. The topological polar surface area (TPSA) is 38.8 Å². The molecule has 0 bridgehead atoms. The summed E-state index contributed by atoms with van der Waals surface area (Å²) in [6.07, 6.45) is 6.79. The maximum Gasteiger partial charge on any atom is 0.410 e. The Hall–Kier alpha value is -1.21.